The molecule has 0 spiro atoms. The lowest BCUT2D eigenvalue weighted by Gasteiger charge is -2.22. The largest absolute Gasteiger partial charge is 0.280 e. The zero-order valence-electron chi connectivity index (χ0n) is 16.6. The van der Waals surface area contributed by atoms with Crippen LogP contribution >= 0.6 is 0 Å². The molecule has 0 fully saturated rings. The minimum atomic E-state index is -0.600. The smallest absolute Gasteiger partial charge is 0.275 e. The molecule has 0 atom stereocenters. The minimum Gasteiger partial charge on any atom is -0.280 e. The molecule has 3 aromatic carbocycles. The molecule has 30 heavy (non-hydrogen) atoms. The van der Waals surface area contributed by atoms with Crippen LogP contribution in [0.2, 0.25) is 0 Å². The van der Waals surface area contributed by atoms with Crippen LogP contribution in [0.3, 0.4) is 0 Å². The third kappa shape index (κ3) is 3.86. The topological polar surface area (TPSA) is 38.1 Å². The number of halogens is 2. The van der Waals surface area contributed by atoms with Gasteiger partial charge >= 0.3 is 0 Å². The van der Waals surface area contributed by atoms with Crippen LogP contribution in [0, 0.1) is 11.6 Å². The number of nitrogens with zero attached hydrogens (tertiary/aromatic N) is 3. The van der Waals surface area contributed by atoms with Gasteiger partial charge in [-0.3, -0.25) is 9.69 Å². The predicted octanol–water partition coefficient (Wildman–Crippen LogP) is 4.82. The second kappa shape index (κ2) is 8.55. The Labute approximate surface area is 173 Å². The molecule has 0 aliphatic heterocycles. The summed E-state index contributed by atoms with van der Waals surface area (Å²) in [6, 6.07) is 20.8. The highest BCUT2D eigenvalue weighted by Gasteiger charge is 2.16. The first-order valence-electron chi connectivity index (χ1n) is 9.79. The normalized spacial score (nSPS) is 11.3. The molecule has 0 N–H and O–H groups in total. The summed E-state index contributed by atoms with van der Waals surface area (Å²) in [5, 5.41) is 5.95. The Morgan fingerprint density at radius 2 is 1.50 bits per heavy atom. The van der Waals surface area contributed by atoms with E-state index in [2.05, 4.69) is 5.10 Å². The van der Waals surface area contributed by atoms with Crippen molar-refractivity contribution in [3.8, 4) is 11.3 Å². The van der Waals surface area contributed by atoms with Gasteiger partial charge in [-0.25, -0.2) is 13.5 Å². The fraction of sp³-hybridized carbons (Fsp3) is 0.167. The van der Waals surface area contributed by atoms with E-state index in [0.29, 0.717) is 17.6 Å². The molecule has 1 heterocycles. The van der Waals surface area contributed by atoms with Crippen molar-refractivity contribution in [2.45, 2.75) is 20.1 Å². The Kier molecular flexibility index (Phi) is 5.68. The molecule has 1 aromatic heterocycles. The second-order valence-corrected chi connectivity index (χ2v) is 7.05. The van der Waals surface area contributed by atoms with E-state index in [1.807, 2.05) is 55.5 Å². The van der Waals surface area contributed by atoms with Crippen molar-refractivity contribution in [3.63, 3.8) is 0 Å². The summed E-state index contributed by atoms with van der Waals surface area (Å²) in [5.41, 5.74) is 1.33. The van der Waals surface area contributed by atoms with Crippen LogP contribution in [0.25, 0.3) is 22.0 Å². The highest BCUT2D eigenvalue weighted by Crippen LogP contribution is 2.24. The Hall–Kier alpha value is -3.38. The lowest BCUT2D eigenvalue weighted by Crippen LogP contribution is -2.34. The van der Waals surface area contributed by atoms with E-state index in [4.69, 9.17) is 0 Å². The maximum Gasteiger partial charge on any atom is 0.275 e. The Balaban J connectivity index is 1.77. The van der Waals surface area contributed by atoms with E-state index in [1.165, 1.54) is 22.9 Å². The molecule has 0 unspecified atom stereocenters. The highest BCUT2D eigenvalue weighted by atomic mass is 19.1. The molecule has 0 radical (unpaired) electrons. The van der Waals surface area contributed by atoms with Crippen molar-refractivity contribution >= 4 is 10.8 Å². The molecule has 0 saturated carbocycles. The van der Waals surface area contributed by atoms with Crippen molar-refractivity contribution in [1.82, 2.24) is 14.7 Å². The maximum atomic E-state index is 14.1. The van der Waals surface area contributed by atoms with Gasteiger partial charge in [0.15, 0.2) is 0 Å². The van der Waals surface area contributed by atoms with E-state index in [-0.39, 0.29) is 24.3 Å². The number of hydrogen-bond donors (Lipinski definition) is 0. The van der Waals surface area contributed by atoms with Gasteiger partial charge in [-0.15, -0.1) is 0 Å². The quantitative estimate of drug-likeness (QED) is 0.462. The first kappa shape index (κ1) is 19.9. The molecule has 0 bridgehead atoms. The van der Waals surface area contributed by atoms with Gasteiger partial charge in [0.05, 0.1) is 17.7 Å². The van der Waals surface area contributed by atoms with Gasteiger partial charge in [-0.1, -0.05) is 61.5 Å². The van der Waals surface area contributed by atoms with Crippen molar-refractivity contribution in [2.75, 3.05) is 6.54 Å². The fourth-order valence-corrected chi connectivity index (χ4v) is 3.50. The molecule has 4 rings (SSSR count). The third-order valence-corrected chi connectivity index (χ3v) is 5.14. The average Bonchev–Trinajstić information content (AvgIpc) is 2.78. The zero-order valence-corrected chi connectivity index (χ0v) is 16.6. The SMILES string of the molecule is CCN(Cc1c(F)cccc1F)Cn1nc(-c2ccccc2)c2ccccc2c1=O. The molecule has 6 heteroatoms. The summed E-state index contributed by atoms with van der Waals surface area (Å²) in [4.78, 5) is 14.9. The predicted molar refractivity (Wildman–Crippen MR) is 114 cm³/mol. The molecule has 152 valence electrons. The number of aromatic nitrogens is 2. The van der Waals surface area contributed by atoms with Crippen LogP contribution in [0.4, 0.5) is 8.78 Å². The summed E-state index contributed by atoms with van der Waals surface area (Å²) >= 11 is 0. The summed E-state index contributed by atoms with van der Waals surface area (Å²) in [6.07, 6.45) is 0. The first-order chi connectivity index (χ1) is 14.6. The van der Waals surface area contributed by atoms with Crippen LogP contribution in [0.15, 0.2) is 77.6 Å². The molecular weight excluding hydrogens is 384 g/mol. The maximum absolute atomic E-state index is 14.1. The Bertz CT molecular complexity index is 1220. The average molecular weight is 405 g/mol. The Morgan fingerprint density at radius 1 is 0.867 bits per heavy atom. The van der Waals surface area contributed by atoms with Gasteiger partial charge in [-0.2, -0.15) is 5.10 Å². The summed E-state index contributed by atoms with van der Waals surface area (Å²) in [6.45, 7) is 2.53. The standard InChI is InChI=1S/C24H21F2N3O/c1-2-28(15-20-21(25)13-8-14-22(20)26)16-29-24(30)19-12-7-6-11-18(19)23(27-29)17-9-4-3-5-10-17/h3-14H,2,15-16H2,1H3. The molecular formula is C24H21F2N3O. The first-order valence-corrected chi connectivity index (χ1v) is 9.79. The van der Waals surface area contributed by atoms with Crippen molar-refractivity contribution in [3.05, 3.63) is 100 Å². The summed E-state index contributed by atoms with van der Waals surface area (Å²) < 4.78 is 29.6. The summed E-state index contributed by atoms with van der Waals surface area (Å²) in [5.74, 6) is -1.20. The van der Waals surface area contributed by atoms with Gasteiger partial charge < -0.3 is 0 Å². The number of hydrogen-bond acceptors (Lipinski definition) is 3. The van der Waals surface area contributed by atoms with E-state index < -0.39 is 11.6 Å². The van der Waals surface area contributed by atoms with Gasteiger partial charge in [0.2, 0.25) is 0 Å². The van der Waals surface area contributed by atoms with Gasteiger partial charge in [-0.05, 0) is 24.7 Å². The summed E-state index contributed by atoms with van der Waals surface area (Å²) in [7, 11) is 0. The van der Waals surface area contributed by atoms with Gasteiger partial charge in [0, 0.05) is 23.1 Å². The van der Waals surface area contributed by atoms with Crippen molar-refractivity contribution in [2.24, 2.45) is 0 Å². The van der Waals surface area contributed by atoms with Gasteiger partial charge in [0.25, 0.3) is 5.56 Å². The molecule has 0 aliphatic rings. The Morgan fingerprint density at radius 3 is 2.17 bits per heavy atom. The lowest BCUT2D eigenvalue weighted by molar-refractivity contribution is 0.200. The van der Waals surface area contributed by atoms with Crippen LogP contribution < -0.4 is 5.56 Å². The molecule has 0 saturated heterocycles. The lowest BCUT2D eigenvalue weighted by atomic mass is 10.1. The van der Waals surface area contributed by atoms with Crippen LogP contribution in [0.5, 0.6) is 0 Å². The zero-order chi connectivity index (χ0) is 21.1. The van der Waals surface area contributed by atoms with Crippen LogP contribution in [-0.4, -0.2) is 21.2 Å². The molecule has 0 amide bonds. The number of benzene rings is 3. The van der Waals surface area contributed by atoms with Crippen molar-refractivity contribution < 1.29 is 8.78 Å². The minimum absolute atomic E-state index is 0.0172. The van der Waals surface area contributed by atoms with E-state index >= 15 is 0 Å². The fourth-order valence-electron chi connectivity index (χ4n) is 3.50. The monoisotopic (exact) mass is 405 g/mol. The van der Waals surface area contributed by atoms with Gasteiger partial charge in [0.1, 0.15) is 11.6 Å². The number of rotatable bonds is 6. The highest BCUT2D eigenvalue weighted by molar-refractivity contribution is 5.93. The number of fused-ring (bicyclic) bond motifs is 1. The molecule has 0 aliphatic carbocycles. The third-order valence-electron chi connectivity index (χ3n) is 5.14. The molecule has 4 aromatic rings. The van der Waals surface area contributed by atoms with E-state index in [9.17, 15) is 13.6 Å². The molecule has 4 nitrogen and oxygen atoms in total. The van der Waals surface area contributed by atoms with E-state index in [1.54, 1.807) is 11.0 Å². The van der Waals surface area contributed by atoms with Crippen molar-refractivity contribution in [1.29, 1.82) is 0 Å². The second-order valence-electron chi connectivity index (χ2n) is 7.05. The van der Waals surface area contributed by atoms with Crippen LogP contribution in [0.1, 0.15) is 12.5 Å². The van der Waals surface area contributed by atoms with Crippen LogP contribution in [-0.2, 0) is 13.2 Å². The van der Waals surface area contributed by atoms with E-state index in [0.717, 1.165) is 10.9 Å².